The predicted octanol–water partition coefficient (Wildman–Crippen LogP) is 3.37. The molecular weight excluding hydrogens is 240 g/mol. The molecule has 0 saturated heterocycles. The van der Waals surface area contributed by atoms with Gasteiger partial charge in [-0.25, -0.2) is 0 Å². The van der Waals surface area contributed by atoms with Gasteiger partial charge in [0.05, 0.1) is 12.0 Å². The second-order valence-corrected chi connectivity index (χ2v) is 6.30. The van der Waals surface area contributed by atoms with Gasteiger partial charge >= 0.3 is 5.97 Å². The highest BCUT2D eigenvalue weighted by Gasteiger charge is 2.27. The number of benzene rings is 1. The monoisotopic (exact) mass is 264 g/mol. The summed E-state index contributed by atoms with van der Waals surface area (Å²) in [6.07, 6.45) is -0.750. The normalized spacial score (nSPS) is 16.7. The second kappa shape index (κ2) is 5.74. The molecule has 1 rings (SSSR count). The van der Waals surface area contributed by atoms with Crippen LogP contribution in [0.4, 0.5) is 0 Å². The second-order valence-electron chi connectivity index (χ2n) is 6.30. The molecule has 0 radical (unpaired) electrons. The molecule has 0 bridgehead atoms. The number of hydrogen-bond donors (Lipinski definition) is 2. The van der Waals surface area contributed by atoms with E-state index in [1.54, 1.807) is 13.8 Å². The zero-order chi connectivity index (χ0) is 14.8. The molecule has 1 aromatic rings. The maximum atomic E-state index is 11.0. The van der Waals surface area contributed by atoms with Crippen molar-refractivity contribution in [1.29, 1.82) is 0 Å². The average Bonchev–Trinajstić information content (AvgIpc) is 2.35. The van der Waals surface area contributed by atoms with Crippen molar-refractivity contribution in [2.45, 2.75) is 46.1 Å². The minimum absolute atomic E-state index is 0.0729. The molecule has 0 fully saturated rings. The highest BCUT2D eigenvalue weighted by molar-refractivity contribution is 5.69. The summed E-state index contributed by atoms with van der Waals surface area (Å²) in [5.41, 5.74) is 2.04. The van der Waals surface area contributed by atoms with E-state index >= 15 is 0 Å². The van der Waals surface area contributed by atoms with E-state index in [0.717, 1.165) is 5.56 Å². The number of carboxylic acids is 1. The molecule has 106 valence electrons. The molecule has 3 unspecified atom stereocenters. The Bertz CT molecular complexity index is 428. The summed E-state index contributed by atoms with van der Waals surface area (Å²) < 4.78 is 0. The zero-order valence-electron chi connectivity index (χ0n) is 12.3. The van der Waals surface area contributed by atoms with E-state index in [9.17, 15) is 9.90 Å². The third kappa shape index (κ3) is 3.80. The molecule has 0 aliphatic rings. The van der Waals surface area contributed by atoms with Gasteiger partial charge in [-0.3, -0.25) is 4.79 Å². The van der Waals surface area contributed by atoms with Gasteiger partial charge in [0.25, 0.3) is 0 Å². The zero-order valence-corrected chi connectivity index (χ0v) is 12.3. The summed E-state index contributed by atoms with van der Waals surface area (Å²) in [6.45, 7) is 9.79. The van der Waals surface area contributed by atoms with Crippen molar-refractivity contribution in [2.24, 2.45) is 11.8 Å². The Labute approximate surface area is 115 Å². The summed E-state index contributed by atoms with van der Waals surface area (Å²) in [4.78, 5) is 11.0. The van der Waals surface area contributed by atoms with Gasteiger partial charge in [0.2, 0.25) is 0 Å². The van der Waals surface area contributed by atoms with Crippen LogP contribution in [-0.4, -0.2) is 16.2 Å². The quantitative estimate of drug-likeness (QED) is 0.876. The van der Waals surface area contributed by atoms with Gasteiger partial charge in [-0.1, -0.05) is 58.9 Å². The molecule has 3 nitrogen and oxygen atoms in total. The predicted molar refractivity (Wildman–Crippen MR) is 76.1 cm³/mol. The number of carboxylic acid groups (broad SMARTS) is 1. The number of carbonyl (C=O) groups is 1. The average molecular weight is 264 g/mol. The highest BCUT2D eigenvalue weighted by atomic mass is 16.4. The molecule has 0 aliphatic heterocycles. The number of aliphatic hydroxyl groups is 1. The van der Waals surface area contributed by atoms with Gasteiger partial charge in [0, 0.05) is 0 Å². The SMILES string of the molecule is CC(C(=O)O)C(C)C(O)c1ccc(C(C)(C)C)cc1. The van der Waals surface area contributed by atoms with Crippen LogP contribution in [0, 0.1) is 11.8 Å². The van der Waals surface area contributed by atoms with E-state index in [1.807, 2.05) is 24.3 Å². The van der Waals surface area contributed by atoms with Gasteiger partial charge in [0.15, 0.2) is 0 Å². The molecule has 19 heavy (non-hydrogen) atoms. The molecule has 0 spiro atoms. The first-order valence-electron chi connectivity index (χ1n) is 6.66. The van der Waals surface area contributed by atoms with Crippen molar-refractivity contribution in [3.8, 4) is 0 Å². The Morgan fingerprint density at radius 3 is 1.95 bits per heavy atom. The summed E-state index contributed by atoms with van der Waals surface area (Å²) in [5.74, 6) is -1.77. The number of rotatable bonds is 4. The van der Waals surface area contributed by atoms with E-state index in [2.05, 4.69) is 20.8 Å². The summed E-state index contributed by atoms with van der Waals surface area (Å²) in [7, 11) is 0. The molecular formula is C16H24O3. The Kier molecular flexibility index (Phi) is 4.75. The third-order valence-electron chi connectivity index (χ3n) is 3.79. The molecule has 0 aliphatic carbocycles. The molecule has 0 saturated carbocycles. The molecule has 0 amide bonds. The van der Waals surface area contributed by atoms with E-state index < -0.39 is 18.0 Å². The van der Waals surface area contributed by atoms with Crippen molar-refractivity contribution in [2.75, 3.05) is 0 Å². The molecule has 3 atom stereocenters. The first-order chi connectivity index (χ1) is 8.64. The van der Waals surface area contributed by atoms with Gasteiger partial charge in [-0.2, -0.15) is 0 Å². The fourth-order valence-electron chi connectivity index (χ4n) is 1.98. The topological polar surface area (TPSA) is 57.5 Å². The third-order valence-corrected chi connectivity index (χ3v) is 3.79. The Morgan fingerprint density at radius 2 is 1.58 bits per heavy atom. The lowest BCUT2D eigenvalue weighted by Gasteiger charge is -2.24. The van der Waals surface area contributed by atoms with Crippen LogP contribution in [0.5, 0.6) is 0 Å². The summed E-state index contributed by atoms with van der Waals surface area (Å²) >= 11 is 0. The number of aliphatic hydroxyl groups excluding tert-OH is 1. The Balaban J connectivity index is 2.89. The van der Waals surface area contributed by atoms with E-state index in [1.165, 1.54) is 5.56 Å². The molecule has 1 aromatic carbocycles. The molecule has 0 heterocycles. The van der Waals surface area contributed by atoms with Crippen LogP contribution in [0.2, 0.25) is 0 Å². The fraction of sp³-hybridized carbons (Fsp3) is 0.562. The van der Waals surface area contributed by atoms with Crippen LogP contribution in [0.1, 0.15) is 51.8 Å². The largest absolute Gasteiger partial charge is 0.481 e. The minimum atomic E-state index is -0.877. The maximum Gasteiger partial charge on any atom is 0.306 e. The van der Waals surface area contributed by atoms with Gasteiger partial charge < -0.3 is 10.2 Å². The van der Waals surface area contributed by atoms with Crippen molar-refractivity contribution in [3.63, 3.8) is 0 Å². The number of aliphatic carboxylic acids is 1. The molecule has 2 N–H and O–H groups in total. The van der Waals surface area contributed by atoms with Crippen molar-refractivity contribution < 1.29 is 15.0 Å². The first-order valence-corrected chi connectivity index (χ1v) is 6.66. The Hall–Kier alpha value is -1.35. The number of hydrogen-bond acceptors (Lipinski definition) is 2. The molecule has 0 aromatic heterocycles. The van der Waals surface area contributed by atoms with E-state index in [-0.39, 0.29) is 11.3 Å². The lowest BCUT2D eigenvalue weighted by atomic mass is 9.84. The van der Waals surface area contributed by atoms with Gasteiger partial charge in [0.1, 0.15) is 0 Å². The van der Waals surface area contributed by atoms with Crippen LogP contribution < -0.4 is 0 Å². The first kappa shape index (κ1) is 15.7. The smallest absolute Gasteiger partial charge is 0.306 e. The van der Waals surface area contributed by atoms with Gasteiger partial charge in [-0.15, -0.1) is 0 Å². The van der Waals surface area contributed by atoms with Crippen LogP contribution in [0.3, 0.4) is 0 Å². The van der Waals surface area contributed by atoms with Crippen molar-refractivity contribution >= 4 is 5.97 Å². The Morgan fingerprint density at radius 1 is 1.11 bits per heavy atom. The van der Waals surface area contributed by atoms with Crippen LogP contribution >= 0.6 is 0 Å². The summed E-state index contributed by atoms with van der Waals surface area (Å²) in [5, 5.41) is 19.2. The van der Waals surface area contributed by atoms with Gasteiger partial charge in [-0.05, 0) is 22.5 Å². The van der Waals surface area contributed by atoms with Crippen LogP contribution in [0.25, 0.3) is 0 Å². The van der Waals surface area contributed by atoms with Crippen LogP contribution in [-0.2, 0) is 10.2 Å². The van der Waals surface area contributed by atoms with E-state index in [4.69, 9.17) is 5.11 Å². The summed E-state index contributed by atoms with van der Waals surface area (Å²) in [6, 6.07) is 7.76. The highest BCUT2D eigenvalue weighted by Crippen LogP contribution is 2.30. The maximum absolute atomic E-state index is 11.0. The molecule has 3 heteroatoms. The van der Waals surface area contributed by atoms with Crippen LogP contribution in [0.15, 0.2) is 24.3 Å². The lowest BCUT2D eigenvalue weighted by molar-refractivity contribution is -0.144. The minimum Gasteiger partial charge on any atom is -0.481 e. The van der Waals surface area contributed by atoms with Crippen molar-refractivity contribution in [3.05, 3.63) is 35.4 Å². The standard InChI is InChI=1S/C16H24O3/c1-10(11(2)15(18)19)14(17)12-6-8-13(9-7-12)16(3,4)5/h6-11,14,17H,1-5H3,(H,18,19). The van der Waals surface area contributed by atoms with Crippen molar-refractivity contribution in [1.82, 2.24) is 0 Å². The lowest BCUT2D eigenvalue weighted by Crippen LogP contribution is -2.24. The fourth-order valence-corrected chi connectivity index (χ4v) is 1.98. The van der Waals surface area contributed by atoms with E-state index in [0.29, 0.717) is 0 Å².